The molecule has 0 aliphatic heterocycles. The molecule has 0 aromatic carbocycles. The van der Waals surface area contributed by atoms with Gasteiger partial charge in [-0.05, 0) is 135 Å². The number of phosphoric acid groups is 1. The summed E-state index contributed by atoms with van der Waals surface area (Å²) in [5.41, 5.74) is 0. The summed E-state index contributed by atoms with van der Waals surface area (Å²) in [5, 5.41) is 9.86. The van der Waals surface area contributed by atoms with Crippen LogP contribution in [0.5, 0.6) is 0 Å². The van der Waals surface area contributed by atoms with E-state index in [1.807, 2.05) is 0 Å². The average molecular weight is 1160 g/mol. The van der Waals surface area contributed by atoms with Crippen LogP contribution in [-0.4, -0.2) is 66.5 Å². The number of aliphatic hydroxyl groups excluding tert-OH is 1. The Morgan fingerprint density at radius 2 is 0.634 bits per heavy atom. The fraction of sp³-hybridized carbons (Fsp3) is 0.643. The smallest absolute Gasteiger partial charge is 0.462 e. The maximum Gasteiger partial charge on any atom is 0.472 e. The molecule has 0 amide bonds. The van der Waals surface area contributed by atoms with Gasteiger partial charge in [0, 0.05) is 19.3 Å². The lowest BCUT2D eigenvalue weighted by Gasteiger charge is -2.21. The van der Waals surface area contributed by atoms with Gasteiger partial charge in [0.15, 0.2) is 6.10 Å². The molecule has 12 heteroatoms. The molecule has 11 nitrogen and oxygen atoms in total. The van der Waals surface area contributed by atoms with Crippen LogP contribution in [0.1, 0.15) is 252 Å². The van der Waals surface area contributed by atoms with Crippen molar-refractivity contribution in [2.75, 3.05) is 26.4 Å². The summed E-state index contributed by atoms with van der Waals surface area (Å²) in [5.74, 6) is -1.53. The highest BCUT2D eigenvalue weighted by Crippen LogP contribution is 2.43. The van der Waals surface area contributed by atoms with Crippen LogP contribution in [0.4, 0.5) is 0 Å². The van der Waals surface area contributed by atoms with Crippen LogP contribution in [0.3, 0.4) is 0 Å². The van der Waals surface area contributed by atoms with Gasteiger partial charge in [-0.15, -0.1) is 0 Å². The van der Waals surface area contributed by atoms with E-state index in [0.29, 0.717) is 19.3 Å². The second-order valence-corrected chi connectivity index (χ2v) is 22.3. The number of phosphoric ester groups is 1. The molecule has 0 aliphatic carbocycles. The Hall–Kier alpha value is -4.38. The number of hydrogen-bond donors (Lipinski definition) is 2. The number of carbonyl (C=O) groups is 3. The van der Waals surface area contributed by atoms with Gasteiger partial charge < -0.3 is 24.2 Å². The molecule has 3 unspecified atom stereocenters. The zero-order valence-corrected chi connectivity index (χ0v) is 52.6. The highest BCUT2D eigenvalue weighted by molar-refractivity contribution is 7.47. The van der Waals surface area contributed by atoms with Crippen molar-refractivity contribution in [2.24, 2.45) is 0 Å². The van der Waals surface area contributed by atoms with Gasteiger partial charge in [0.05, 0.1) is 19.8 Å². The first-order valence-corrected chi connectivity index (χ1v) is 33.6. The fourth-order valence-electron chi connectivity index (χ4n) is 8.23. The first-order chi connectivity index (χ1) is 40.2. The molecule has 82 heavy (non-hydrogen) atoms. The Morgan fingerprint density at radius 1 is 0.354 bits per heavy atom. The first-order valence-electron chi connectivity index (χ1n) is 32.1. The summed E-state index contributed by atoms with van der Waals surface area (Å²) >= 11 is 0. The van der Waals surface area contributed by atoms with E-state index in [4.69, 9.17) is 23.3 Å². The number of ether oxygens (including phenoxy) is 3. The number of rotatable bonds is 58. The van der Waals surface area contributed by atoms with Gasteiger partial charge in [-0.25, -0.2) is 4.57 Å². The van der Waals surface area contributed by atoms with Crippen LogP contribution in [0.25, 0.3) is 0 Å². The molecule has 0 saturated heterocycles. The molecular weight excluding hydrogens is 1050 g/mol. The largest absolute Gasteiger partial charge is 0.472 e. The summed E-state index contributed by atoms with van der Waals surface area (Å²) in [6.45, 7) is 4.34. The average Bonchev–Trinajstić information content (AvgIpc) is 3.50. The highest BCUT2D eigenvalue weighted by atomic mass is 31.2. The molecule has 0 heterocycles. The third kappa shape index (κ3) is 60.2. The number of esters is 3. The van der Waals surface area contributed by atoms with Gasteiger partial charge >= 0.3 is 25.7 Å². The normalized spacial score (nSPS) is 14.2. The van der Waals surface area contributed by atoms with Gasteiger partial charge in [0.2, 0.25) is 0 Å². The Balaban J connectivity index is 4.79. The predicted molar refractivity (Wildman–Crippen MR) is 343 cm³/mol. The lowest BCUT2D eigenvalue weighted by molar-refractivity contribution is -0.161. The van der Waals surface area contributed by atoms with Gasteiger partial charge in [0.25, 0.3) is 0 Å². The lowest BCUT2D eigenvalue weighted by Crippen LogP contribution is -2.30. The van der Waals surface area contributed by atoms with E-state index in [2.05, 4.69) is 154 Å². The maximum atomic E-state index is 13.0. The molecule has 0 aromatic heterocycles. The predicted octanol–water partition coefficient (Wildman–Crippen LogP) is 19.7. The van der Waals surface area contributed by atoms with Crippen LogP contribution < -0.4 is 0 Å². The molecule has 3 atom stereocenters. The first kappa shape index (κ1) is 77.6. The SMILES string of the molecule is CC/C=C\C/C=C\C/C=C\C/C=C\CCCCCCCCC(=O)OC(COC(=O)CCCCCC/C=C\C/C=C\C/C=C\C/C=C\CC)COP(=O)(O)OCC(CO)OC(=O)CCCCCCCC/C=C\C/C=C\C/C=C\CCCCC. The Labute approximate surface area is 500 Å². The van der Waals surface area contributed by atoms with Crippen molar-refractivity contribution in [1.29, 1.82) is 0 Å². The van der Waals surface area contributed by atoms with Gasteiger partial charge in [-0.2, -0.15) is 0 Å². The van der Waals surface area contributed by atoms with E-state index in [-0.39, 0.29) is 25.9 Å². The highest BCUT2D eigenvalue weighted by Gasteiger charge is 2.28. The Morgan fingerprint density at radius 3 is 0.976 bits per heavy atom. The number of unbranched alkanes of at least 4 members (excludes halogenated alkanes) is 19. The zero-order valence-electron chi connectivity index (χ0n) is 51.7. The van der Waals surface area contributed by atoms with Crippen LogP contribution >= 0.6 is 7.82 Å². The summed E-state index contributed by atoms with van der Waals surface area (Å²) in [6, 6.07) is 0. The van der Waals surface area contributed by atoms with E-state index in [1.165, 1.54) is 25.7 Å². The summed E-state index contributed by atoms with van der Waals surface area (Å²) < 4.78 is 39.7. The van der Waals surface area contributed by atoms with Crippen molar-refractivity contribution in [3.63, 3.8) is 0 Å². The maximum absolute atomic E-state index is 13.0. The van der Waals surface area contributed by atoms with E-state index < -0.39 is 57.8 Å². The molecule has 0 radical (unpaired) electrons. The summed E-state index contributed by atoms with van der Waals surface area (Å²) in [6.07, 6.45) is 79.6. The van der Waals surface area contributed by atoms with Crippen molar-refractivity contribution in [3.8, 4) is 0 Å². The van der Waals surface area contributed by atoms with Crippen molar-refractivity contribution in [3.05, 3.63) is 134 Å². The molecule has 0 rings (SSSR count). The van der Waals surface area contributed by atoms with Crippen molar-refractivity contribution in [1.82, 2.24) is 0 Å². The van der Waals surface area contributed by atoms with Crippen molar-refractivity contribution >= 4 is 25.7 Å². The summed E-state index contributed by atoms with van der Waals surface area (Å²) in [7, 11) is -4.78. The van der Waals surface area contributed by atoms with E-state index >= 15 is 0 Å². The van der Waals surface area contributed by atoms with Crippen LogP contribution in [-0.2, 0) is 42.2 Å². The molecule has 0 fully saturated rings. The summed E-state index contributed by atoms with van der Waals surface area (Å²) in [4.78, 5) is 48.8. The fourth-order valence-corrected chi connectivity index (χ4v) is 9.01. The third-order valence-electron chi connectivity index (χ3n) is 13.0. The van der Waals surface area contributed by atoms with E-state index in [9.17, 15) is 28.9 Å². The van der Waals surface area contributed by atoms with Crippen LogP contribution in [0.15, 0.2) is 134 Å². The monoisotopic (exact) mass is 1160 g/mol. The third-order valence-corrected chi connectivity index (χ3v) is 14.0. The Bertz CT molecular complexity index is 1890. The molecule has 2 N–H and O–H groups in total. The molecule has 0 aromatic rings. The lowest BCUT2D eigenvalue weighted by atomic mass is 10.1. The van der Waals surface area contributed by atoms with E-state index in [0.717, 1.165) is 167 Å². The van der Waals surface area contributed by atoms with Gasteiger partial charge in [0.1, 0.15) is 12.7 Å². The molecule has 0 bridgehead atoms. The van der Waals surface area contributed by atoms with Crippen molar-refractivity contribution < 1.29 is 52.2 Å². The molecule has 0 spiro atoms. The quantitative estimate of drug-likeness (QED) is 0.0197. The molecule has 0 saturated carbocycles. The number of allylic oxidation sites excluding steroid dienone is 22. The number of aliphatic hydroxyl groups is 1. The van der Waals surface area contributed by atoms with E-state index in [1.54, 1.807) is 0 Å². The van der Waals surface area contributed by atoms with Gasteiger partial charge in [-0.3, -0.25) is 23.4 Å². The zero-order chi connectivity index (χ0) is 59.8. The molecule has 466 valence electrons. The Kier molecular flexibility index (Phi) is 59.3. The molecular formula is C70H115O11P. The number of hydrogen-bond acceptors (Lipinski definition) is 10. The minimum absolute atomic E-state index is 0.137. The second-order valence-electron chi connectivity index (χ2n) is 20.8. The standard InChI is InChI=1S/C70H115O11P/c1-4-7-10-13-16-19-22-25-28-31-33-36-39-42-45-48-51-54-57-60-69(73)80-66(62-71)64-78-82(75,76)79-65-67(63-77-68(72)59-56-53-50-47-44-41-38-35-30-27-24-21-18-15-12-9-6-3)81-70(74)61-58-55-52-49-46-43-40-37-34-32-29-26-23-20-17-14-11-8-5-2/h8-9,11-12,16-21,25-30,33-34,36-38,41,66-67,71H,4-7,10,13-15,22-24,31-32,35,39-40,42-65H2,1-3H3,(H,75,76)/b11-8-,12-9-,19-16-,20-17-,21-18-,28-25-,29-26-,30-27-,36-33-,37-34-,41-38-. The molecule has 0 aliphatic rings. The number of carbonyl (C=O) groups excluding carboxylic acids is 3. The van der Waals surface area contributed by atoms with Crippen molar-refractivity contribution in [2.45, 2.75) is 264 Å². The minimum atomic E-state index is -4.78. The van der Waals surface area contributed by atoms with Gasteiger partial charge in [-0.1, -0.05) is 231 Å². The topological polar surface area (TPSA) is 155 Å². The second kappa shape index (κ2) is 62.7. The van der Waals surface area contributed by atoms with Crippen LogP contribution in [0, 0.1) is 0 Å². The minimum Gasteiger partial charge on any atom is -0.462 e. The van der Waals surface area contributed by atoms with Crippen LogP contribution in [0.2, 0.25) is 0 Å².